The molecule has 2 fully saturated rings. The summed E-state index contributed by atoms with van der Waals surface area (Å²) in [6, 6.07) is 5.18. The number of carbonyl (C=O) groups is 1. The van der Waals surface area contributed by atoms with E-state index in [1.807, 2.05) is 21.7 Å². The molecular formula is C28H29F2N7O3. The Hall–Kier alpha value is -4.48. The van der Waals surface area contributed by atoms with Crippen LogP contribution < -0.4 is 15.8 Å². The molecule has 1 aromatic carbocycles. The van der Waals surface area contributed by atoms with Crippen molar-refractivity contribution in [3.63, 3.8) is 0 Å². The number of amides is 2. The summed E-state index contributed by atoms with van der Waals surface area (Å²) in [5, 5.41) is 3.41. The number of hydrogen-bond donors (Lipinski definition) is 1. The second-order valence-electron chi connectivity index (χ2n) is 10.0. The summed E-state index contributed by atoms with van der Waals surface area (Å²) in [6.45, 7) is 5.84. The van der Waals surface area contributed by atoms with E-state index in [0.29, 0.717) is 61.6 Å². The van der Waals surface area contributed by atoms with Crippen molar-refractivity contribution in [1.29, 1.82) is 0 Å². The highest BCUT2D eigenvalue weighted by Crippen LogP contribution is 2.36. The van der Waals surface area contributed by atoms with Crippen LogP contribution in [0.2, 0.25) is 0 Å². The van der Waals surface area contributed by atoms with Crippen LogP contribution in [-0.2, 0) is 11.3 Å². The van der Waals surface area contributed by atoms with E-state index in [1.54, 1.807) is 42.2 Å². The fourth-order valence-electron chi connectivity index (χ4n) is 5.77. The van der Waals surface area contributed by atoms with Crippen molar-refractivity contribution in [2.75, 3.05) is 31.1 Å². The number of nitrogens with zero attached hydrogens (tertiary/aromatic N) is 6. The number of alkyl halides is 2. The van der Waals surface area contributed by atoms with Crippen LogP contribution in [0.1, 0.15) is 19.4 Å². The lowest BCUT2D eigenvalue weighted by Crippen LogP contribution is -2.52. The number of aromatic nitrogens is 4. The highest BCUT2D eigenvalue weighted by molar-refractivity contribution is 5.85. The largest absolute Gasteiger partial charge is 0.434 e. The summed E-state index contributed by atoms with van der Waals surface area (Å²) in [5.74, 6) is 0.584. The molecule has 2 amide bonds. The molecule has 0 saturated carbocycles. The highest BCUT2D eigenvalue weighted by atomic mass is 19.3. The number of hydrogen-bond acceptors (Lipinski definition) is 6. The maximum atomic E-state index is 13.2. The molecular weight excluding hydrogens is 520 g/mol. The summed E-state index contributed by atoms with van der Waals surface area (Å²) in [6.07, 6.45) is 8.82. The second kappa shape index (κ2) is 10.2. The minimum Gasteiger partial charge on any atom is -0.434 e. The average Bonchev–Trinajstić information content (AvgIpc) is 3.64. The normalized spacial score (nSPS) is 20.9. The van der Waals surface area contributed by atoms with Gasteiger partial charge in [-0.15, -0.1) is 0 Å². The molecule has 2 saturated heterocycles. The SMILES string of the molecule is C=C(/C(=C\C=C/C)OC(F)F)[C@@H]1CCn2c(=O)c3ccc(-c4cnc(N5CCN6C(=O)NC[C@H]6C5)nc4)cc3n21. The van der Waals surface area contributed by atoms with Gasteiger partial charge in [0.1, 0.15) is 5.76 Å². The zero-order valence-corrected chi connectivity index (χ0v) is 22.0. The van der Waals surface area contributed by atoms with E-state index >= 15 is 0 Å². The summed E-state index contributed by atoms with van der Waals surface area (Å²) in [4.78, 5) is 38.1. The Morgan fingerprint density at radius 3 is 2.73 bits per heavy atom. The van der Waals surface area contributed by atoms with E-state index in [4.69, 9.17) is 4.74 Å². The maximum absolute atomic E-state index is 13.2. The van der Waals surface area contributed by atoms with Gasteiger partial charge in [0.2, 0.25) is 5.95 Å². The zero-order valence-electron chi connectivity index (χ0n) is 22.0. The van der Waals surface area contributed by atoms with E-state index < -0.39 is 12.7 Å². The Morgan fingerprint density at radius 2 is 1.98 bits per heavy atom. The van der Waals surface area contributed by atoms with Gasteiger partial charge in [-0.3, -0.25) is 9.48 Å². The number of allylic oxidation sites excluding steroid dienone is 4. The van der Waals surface area contributed by atoms with Crippen LogP contribution in [0.15, 0.2) is 71.5 Å². The van der Waals surface area contributed by atoms with Crippen molar-refractivity contribution in [1.82, 2.24) is 29.5 Å². The fraction of sp³-hybridized carbons (Fsp3) is 0.357. The van der Waals surface area contributed by atoms with Gasteiger partial charge >= 0.3 is 12.6 Å². The van der Waals surface area contributed by atoms with Crippen molar-refractivity contribution >= 4 is 22.9 Å². The molecule has 1 N–H and O–H groups in total. The number of halogens is 2. The summed E-state index contributed by atoms with van der Waals surface area (Å²) in [5.41, 5.74) is 2.50. The molecule has 2 aromatic heterocycles. The summed E-state index contributed by atoms with van der Waals surface area (Å²) >= 11 is 0. The Morgan fingerprint density at radius 1 is 1.18 bits per heavy atom. The first kappa shape index (κ1) is 25.8. The summed E-state index contributed by atoms with van der Waals surface area (Å²) in [7, 11) is 0. The number of rotatable bonds is 7. The molecule has 5 heterocycles. The lowest BCUT2D eigenvalue weighted by molar-refractivity contribution is -0.0940. The van der Waals surface area contributed by atoms with Gasteiger partial charge in [0.05, 0.1) is 23.0 Å². The number of nitrogens with one attached hydrogen (secondary N) is 1. The minimum atomic E-state index is -2.99. The van der Waals surface area contributed by atoms with E-state index in [-0.39, 0.29) is 23.4 Å². The summed E-state index contributed by atoms with van der Waals surface area (Å²) < 4.78 is 34.5. The quantitative estimate of drug-likeness (QED) is 0.357. The van der Waals surface area contributed by atoms with Crippen LogP contribution in [0.5, 0.6) is 0 Å². The molecule has 3 aliphatic heterocycles. The van der Waals surface area contributed by atoms with Gasteiger partial charge in [0.15, 0.2) is 0 Å². The predicted molar refractivity (Wildman–Crippen MR) is 146 cm³/mol. The fourth-order valence-corrected chi connectivity index (χ4v) is 5.77. The molecule has 0 radical (unpaired) electrons. The standard InChI is InChI=1S/C28H29F2N7O3/c1-3-4-5-24(40-26(29)30)17(2)22-8-9-36-25(38)21-7-6-18(12-23(21)37(22)36)19-13-31-27(32-14-19)34-10-11-35-20(16-34)15-33-28(35)39/h3-7,12-14,20,22,26H,2,8-11,15-16H2,1H3,(H,33,39)/b4-3-,24-5+/t20-,22-/m0/s1. The monoisotopic (exact) mass is 549 g/mol. The molecule has 3 aromatic rings. The number of carbonyl (C=O) groups excluding carboxylic acids is 1. The van der Waals surface area contributed by atoms with Gasteiger partial charge in [0.25, 0.3) is 5.56 Å². The van der Waals surface area contributed by atoms with Crippen molar-refractivity contribution in [2.24, 2.45) is 0 Å². The van der Waals surface area contributed by atoms with Gasteiger partial charge in [-0.25, -0.2) is 19.4 Å². The number of ether oxygens (including phenoxy) is 1. The topological polar surface area (TPSA) is 97.5 Å². The molecule has 0 unspecified atom stereocenters. The molecule has 2 atom stereocenters. The molecule has 208 valence electrons. The zero-order chi connectivity index (χ0) is 28.0. The van der Waals surface area contributed by atoms with Crippen LogP contribution >= 0.6 is 0 Å². The lowest BCUT2D eigenvalue weighted by Gasteiger charge is -2.36. The van der Waals surface area contributed by atoms with Crippen LogP contribution in [0.4, 0.5) is 19.5 Å². The Kier molecular flexibility index (Phi) is 6.60. The molecule has 0 spiro atoms. The number of piperazine rings is 1. The second-order valence-corrected chi connectivity index (χ2v) is 10.0. The first-order valence-electron chi connectivity index (χ1n) is 13.2. The first-order valence-corrected chi connectivity index (χ1v) is 13.2. The molecule has 6 rings (SSSR count). The van der Waals surface area contributed by atoms with Crippen molar-refractivity contribution in [3.05, 3.63) is 77.1 Å². The van der Waals surface area contributed by atoms with Crippen LogP contribution in [-0.4, -0.2) is 69.1 Å². The van der Waals surface area contributed by atoms with E-state index in [1.165, 1.54) is 6.08 Å². The van der Waals surface area contributed by atoms with Crippen molar-refractivity contribution in [2.45, 2.75) is 38.6 Å². The van der Waals surface area contributed by atoms with Gasteiger partial charge in [-0.1, -0.05) is 24.8 Å². The third-order valence-corrected chi connectivity index (χ3v) is 7.74. The lowest BCUT2D eigenvalue weighted by atomic mass is 10.0. The number of urea groups is 1. The Labute approximate surface area is 228 Å². The third kappa shape index (κ3) is 4.42. The number of benzene rings is 1. The smallest absolute Gasteiger partial charge is 0.387 e. The minimum absolute atomic E-state index is 0.0143. The van der Waals surface area contributed by atoms with Gasteiger partial charge in [0, 0.05) is 56.3 Å². The highest BCUT2D eigenvalue weighted by Gasteiger charge is 2.36. The first-order chi connectivity index (χ1) is 19.4. The van der Waals surface area contributed by atoms with Crippen LogP contribution in [0, 0.1) is 0 Å². The van der Waals surface area contributed by atoms with Gasteiger partial charge in [-0.05, 0) is 37.1 Å². The van der Waals surface area contributed by atoms with Crippen LogP contribution in [0.3, 0.4) is 0 Å². The van der Waals surface area contributed by atoms with E-state index in [9.17, 15) is 18.4 Å². The third-order valence-electron chi connectivity index (χ3n) is 7.74. The number of anilines is 1. The Bertz CT molecular complexity index is 1590. The maximum Gasteiger partial charge on any atom is 0.387 e. The molecule has 0 bridgehead atoms. The van der Waals surface area contributed by atoms with Crippen LogP contribution in [0.25, 0.3) is 22.0 Å². The van der Waals surface area contributed by atoms with Crippen molar-refractivity contribution in [3.8, 4) is 11.1 Å². The van der Waals surface area contributed by atoms with E-state index in [2.05, 4.69) is 26.8 Å². The molecule has 12 heteroatoms. The molecule has 3 aliphatic rings. The van der Waals surface area contributed by atoms with Gasteiger partial charge < -0.3 is 19.9 Å². The number of fused-ring (bicyclic) bond motifs is 4. The average molecular weight is 550 g/mol. The van der Waals surface area contributed by atoms with E-state index in [0.717, 1.165) is 11.1 Å². The predicted octanol–water partition coefficient (Wildman–Crippen LogP) is 3.67. The molecule has 40 heavy (non-hydrogen) atoms. The Balaban J connectivity index is 1.29. The molecule has 0 aliphatic carbocycles. The van der Waals surface area contributed by atoms with Crippen molar-refractivity contribution < 1.29 is 18.3 Å². The van der Waals surface area contributed by atoms with Gasteiger partial charge in [-0.2, -0.15) is 8.78 Å². The molecule has 10 nitrogen and oxygen atoms in total.